The van der Waals surface area contributed by atoms with Crippen LogP contribution in [0, 0.1) is 13.8 Å². The van der Waals surface area contributed by atoms with Crippen molar-refractivity contribution in [3.8, 4) is 17.2 Å². The lowest BCUT2D eigenvalue weighted by molar-refractivity contribution is -0.0254. The Morgan fingerprint density at radius 2 is 0.947 bits per heavy atom. The smallest absolute Gasteiger partial charge is 0.344 e. The Morgan fingerprint density at radius 3 is 1.32 bits per heavy atom. The molecule has 0 aliphatic heterocycles. The standard InChI is InChI=1S/C42H55NO14/c1-28-20-30(41(44)50-7)21-29(2)40(28)57-42(45)39-35-22-31(55-33(24-51-16-12-46-3)25-52-17-13-47-4)8-10-37(35)43-38-11-9-32(23-36(38)39)56-34(26-53-18-14-48-5)27-54-19-15-49-6/h8-11,20-23,33-34H,12-19,24-27H2,1-7H3. The number of esters is 2. The van der Waals surface area contributed by atoms with Gasteiger partial charge < -0.3 is 56.8 Å². The van der Waals surface area contributed by atoms with E-state index in [1.165, 1.54) is 7.11 Å². The number of hydrogen-bond acceptors (Lipinski definition) is 15. The van der Waals surface area contributed by atoms with Crippen LogP contribution in [0.25, 0.3) is 21.8 Å². The maximum Gasteiger partial charge on any atom is 0.344 e. The van der Waals surface area contributed by atoms with Crippen molar-refractivity contribution >= 4 is 33.7 Å². The number of nitrogens with zero attached hydrogens (tertiary/aromatic N) is 1. The predicted octanol–water partition coefficient (Wildman–Crippen LogP) is 5.16. The minimum absolute atomic E-state index is 0.228. The first-order chi connectivity index (χ1) is 27.7. The van der Waals surface area contributed by atoms with Crippen molar-refractivity contribution in [2.24, 2.45) is 0 Å². The van der Waals surface area contributed by atoms with Gasteiger partial charge in [-0.3, -0.25) is 0 Å². The monoisotopic (exact) mass is 797 g/mol. The number of methoxy groups -OCH3 is 5. The highest BCUT2D eigenvalue weighted by Gasteiger charge is 2.24. The summed E-state index contributed by atoms with van der Waals surface area (Å²) in [6, 6.07) is 13.9. The van der Waals surface area contributed by atoms with Crippen molar-refractivity contribution in [3.05, 3.63) is 70.8 Å². The lowest BCUT2D eigenvalue weighted by Crippen LogP contribution is -2.30. The molecule has 0 radical (unpaired) electrons. The number of aryl methyl sites for hydroxylation is 2. The molecule has 15 nitrogen and oxygen atoms in total. The van der Waals surface area contributed by atoms with Gasteiger partial charge in [-0.1, -0.05) is 0 Å². The third-order valence-corrected chi connectivity index (χ3v) is 8.54. The molecule has 3 aromatic carbocycles. The van der Waals surface area contributed by atoms with Crippen molar-refractivity contribution in [2.75, 3.05) is 115 Å². The van der Waals surface area contributed by atoms with Crippen LogP contribution in [0.3, 0.4) is 0 Å². The van der Waals surface area contributed by atoms with E-state index >= 15 is 0 Å². The second-order valence-electron chi connectivity index (χ2n) is 12.9. The molecule has 4 aromatic rings. The van der Waals surface area contributed by atoms with Gasteiger partial charge in [0.2, 0.25) is 0 Å². The number of carbonyl (C=O) groups is 2. The average Bonchev–Trinajstić information content (AvgIpc) is 3.21. The molecule has 0 unspecified atom stereocenters. The zero-order valence-electron chi connectivity index (χ0n) is 33.9. The maximum atomic E-state index is 14.5. The van der Waals surface area contributed by atoms with E-state index in [-0.39, 0.29) is 32.0 Å². The zero-order chi connectivity index (χ0) is 41.0. The Labute approximate surface area is 333 Å². The van der Waals surface area contributed by atoms with Crippen molar-refractivity contribution < 1.29 is 66.4 Å². The van der Waals surface area contributed by atoms with Gasteiger partial charge in [-0.2, -0.15) is 0 Å². The fourth-order valence-electron chi connectivity index (χ4n) is 5.80. The molecule has 0 aliphatic carbocycles. The van der Waals surface area contributed by atoms with Gasteiger partial charge in [0.05, 0.1) is 109 Å². The maximum absolute atomic E-state index is 14.5. The molecular formula is C42H55NO14. The largest absolute Gasteiger partial charge is 0.486 e. The van der Waals surface area contributed by atoms with E-state index in [2.05, 4.69) is 0 Å². The molecule has 0 fully saturated rings. The lowest BCUT2D eigenvalue weighted by atomic mass is 10.0. The van der Waals surface area contributed by atoms with Crippen LogP contribution in [0.1, 0.15) is 31.8 Å². The van der Waals surface area contributed by atoms with E-state index in [4.69, 9.17) is 61.8 Å². The number of hydrogen-bond donors (Lipinski definition) is 0. The third-order valence-electron chi connectivity index (χ3n) is 8.54. The molecule has 15 heteroatoms. The van der Waals surface area contributed by atoms with Gasteiger partial charge in [-0.05, 0) is 73.5 Å². The summed E-state index contributed by atoms with van der Waals surface area (Å²) in [5, 5.41) is 0.954. The summed E-state index contributed by atoms with van der Waals surface area (Å²) in [4.78, 5) is 31.8. The molecule has 0 bridgehead atoms. The summed E-state index contributed by atoms with van der Waals surface area (Å²) < 4.78 is 67.5. The van der Waals surface area contributed by atoms with Crippen LogP contribution in [0.4, 0.5) is 0 Å². The van der Waals surface area contributed by atoms with Crippen molar-refractivity contribution in [3.63, 3.8) is 0 Å². The Balaban J connectivity index is 1.78. The summed E-state index contributed by atoms with van der Waals surface area (Å²) in [6.45, 7) is 7.64. The molecule has 0 spiro atoms. The highest BCUT2D eigenvalue weighted by atomic mass is 16.6. The van der Waals surface area contributed by atoms with Gasteiger partial charge in [0.15, 0.2) is 0 Å². The topological polar surface area (TPSA) is 158 Å². The Morgan fingerprint density at radius 1 is 0.544 bits per heavy atom. The van der Waals surface area contributed by atoms with Crippen LogP contribution in [0.5, 0.6) is 17.2 Å². The number of pyridine rings is 1. The molecule has 0 N–H and O–H groups in total. The van der Waals surface area contributed by atoms with Gasteiger partial charge in [0, 0.05) is 39.2 Å². The van der Waals surface area contributed by atoms with E-state index < -0.39 is 24.1 Å². The summed E-state index contributed by atoms with van der Waals surface area (Å²) in [6.07, 6.45) is -0.986. The van der Waals surface area contributed by atoms with E-state index in [1.54, 1.807) is 90.8 Å². The number of benzene rings is 3. The van der Waals surface area contributed by atoms with Crippen LogP contribution in [-0.4, -0.2) is 144 Å². The first-order valence-electron chi connectivity index (χ1n) is 18.6. The third kappa shape index (κ3) is 13.9. The second kappa shape index (κ2) is 24.4. The minimum atomic E-state index is -0.650. The Kier molecular flexibility index (Phi) is 19.3. The number of carbonyl (C=O) groups excluding carboxylic acids is 2. The molecule has 0 saturated carbocycles. The van der Waals surface area contributed by atoms with Crippen molar-refractivity contribution in [1.29, 1.82) is 0 Å². The number of aromatic nitrogens is 1. The lowest BCUT2D eigenvalue weighted by Gasteiger charge is -2.21. The molecule has 57 heavy (non-hydrogen) atoms. The second-order valence-corrected chi connectivity index (χ2v) is 12.9. The first-order valence-corrected chi connectivity index (χ1v) is 18.6. The quantitative estimate of drug-likeness (QED) is 0.0337. The minimum Gasteiger partial charge on any atom is -0.486 e. The SMILES string of the molecule is COCCOCC(COCCOC)Oc1ccc2nc3ccc(OC(COCCOC)COCCOC)cc3c(C(=O)Oc3c(C)cc(C(=O)OC)cc3C)c2c1. The Bertz CT molecular complexity index is 1730. The average molecular weight is 798 g/mol. The van der Waals surface area contributed by atoms with Gasteiger partial charge in [0.25, 0.3) is 0 Å². The molecule has 4 rings (SSSR count). The van der Waals surface area contributed by atoms with Crippen LogP contribution in [0.15, 0.2) is 48.5 Å². The fraction of sp³-hybridized carbons (Fsp3) is 0.500. The molecule has 0 aliphatic rings. The molecular weight excluding hydrogens is 742 g/mol. The van der Waals surface area contributed by atoms with Gasteiger partial charge in [-0.15, -0.1) is 0 Å². The number of ether oxygens (including phenoxy) is 12. The molecule has 0 saturated heterocycles. The molecule has 0 amide bonds. The van der Waals surface area contributed by atoms with Crippen LogP contribution >= 0.6 is 0 Å². The highest BCUT2D eigenvalue weighted by Crippen LogP contribution is 2.34. The fourth-order valence-corrected chi connectivity index (χ4v) is 5.80. The Hall–Kier alpha value is -4.45. The predicted molar refractivity (Wildman–Crippen MR) is 211 cm³/mol. The van der Waals surface area contributed by atoms with Crippen LogP contribution in [0.2, 0.25) is 0 Å². The van der Waals surface area contributed by atoms with Crippen molar-refractivity contribution in [2.45, 2.75) is 26.1 Å². The van der Waals surface area contributed by atoms with Gasteiger partial charge in [0.1, 0.15) is 29.5 Å². The summed E-state index contributed by atoms with van der Waals surface area (Å²) in [5.74, 6) is 0.0781. The van der Waals surface area contributed by atoms with E-state index in [0.717, 1.165) is 0 Å². The number of fused-ring (bicyclic) bond motifs is 2. The highest BCUT2D eigenvalue weighted by molar-refractivity contribution is 6.15. The molecule has 1 aromatic heterocycles. The number of rotatable bonds is 27. The molecule has 312 valence electrons. The first kappa shape index (κ1) is 45.3. The zero-order valence-corrected chi connectivity index (χ0v) is 33.9. The molecule has 1 heterocycles. The molecule has 0 atom stereocenters. The summed E-state index contributed by atoms with van der Waals surface area (Å²) >= 11 is 0. The normalized spacial score (nSPS) is 11.5. The van der Waals surface area contributed by atoms with E-state index in [0.29, 0.717) is 109 Å². The van der Waals surface area contributed by atoms with Gasteiger partial charge in [-0.25, -0.2) is 14.6 Å². The van der Waals surface area contributed by atoms with E-state index in [1.807, 2.05) is 0 Å². The van der Waals surface area contributed by atoms with E-state index in [9.17, 15) is 9.59 Å². The summed E-state index contributed by atoms with van der Waals surface area (Å²) in [7, 11) is 7.72. The van der Waals surface area contributed by atoms with Gasteiger partial charge >= 0.3 is 11.9 Å². The summed E-state index contributed by atoms with van der Waals surface area (Å²) in [5.41, 5.74) is 2.79. The van der Waals surface area contributed by atoms with Crippen LogP contribution < -0.4 is 14.2 Å². The van der Waals surface area contributed by atoms with Crippen LogP contribution in [-0.2, 0) is 42.6 Å². The van der Waals surface area contributed by atoms with Crippen molar-refractivity contribution in [1.82, 2.24) is 4.98 Å².